The number of fused-ring (bicyclic) bond motifs is 3. The first-order valence-electron chi connectivity index (χ1n) is 7.63. The van der Waals surface area contributed by atoms with Crippen molar-refractivity contribution >= 4 is 21.6 Å². The van der Waals surface area contributed by atoms with E-state index in [-0.39, 0.29) is 0 Å². The molecule has 1 heterocycles. The van der Waals surface area contributed by atoms with Gasteiger partial charge in [-0.25, -0.2) is 0 Å². The number of ether oxygens (including phenoxy) is 1. The van der Waals surface area contributed by atoms with Crippen LogP contribution < -0.4 is 10.1 Å². The molecule has 0 spiro atoms. The minimum Gasteiger partial charge on any atom is -0.497 e. The molecule has 0 saturated heterocycles. The number of anilines is 1. The van der Waals surface area contributed by atoms with E-state index in [0.717, 1.165) is 16.6 Å². The Kier molecular flexibility index (Phi) is 3.45. The minimum atomic E-state index is 0.346. The molecule has 2 aromatic carbocycles. The van der Waals surface area contributed by atoms with Crippen LogP contribution in [-0.4, -0.2) is 7.11 Å². The quantitative estimate of drug-likeness (QED) is 0.739. The smallest absolute Gasteiger partial charge is 0.119 e. The number of rotatable bonds is 2. The SMILES string of the molecule is COc1ccc2c(c1)[C@H]1C=CC[C@H]1[C@H](c1cccc(Br)c1)N2. The Morgan fingerprint density at radius 2 is 2.09 bits per heavy atom. The number of benzene rings is 2. The average Bonchev–Trinajstić information content (AvgIpc) is 3.03. The van der Waals surface area contributed by atoms with Gasteiger partial charge in [0, 0.05) is 16.1 Å². The molecular weight excluding hydrogens is 338 g/mol. The molecule has 0 bridgehead atoms. The van der Waals surface area contributed by atoms with Gasteiger partial charge in [0.1, 0.15) is 5.75 Å². The molecule has 2 nitrogen and oxygen atoms in total. The summed E-state index contributed by atoms with van der Waals surface area (Å²) in [4.78, 5) is 0. The van der Waals surface area contributed by atoms with Crippen LogP contribution in [0, 0.1) is 5.92 Å². The van der Waals surface area contributed by atoms with Gasteiger partial charge in [0.2, 0.25) is 0 Å². The Hall–Kier alpha value is -1.74. The summed E-state index contributed by atoms with van der Waals surface area (Å²) < 4.78 is 6.53. The zero-order chi connectivity index (χ0) is 15.1. The lowest BCUT2D eigenvalue weighted by atomic mass is 9.77. The first-order valence-corrected chi connectivity index (χ1v) is 8.42. The molecule has 2 aliphatic rings. The van der Waals surface area contributed by atoms with Crippen LogP contribution in [0.3, 0.4) is 0 Å². The highest BCUT2D eigenvalue weighted by Crippen LogP contribution is 2.50. The van der Waals surface area contributed by atoms with Crippen LogP contribution in [-0.2, 0) is 0 Å². The van der Waals surface area contributed by atoms with Crippen LogP contribution in [0.25, 0.3) is 0 Å². The average molecular weight is 356 g/mol. The Morgan fingerprint density at radius 3 is 2.91 bits per heavy atom. The number of allylic oxidation sites excluding steroid dienone is 2. The standard InChI is InChI=1S/C19H18BrNO/c1-22-14-8-9-18-17(11-14)15-6-3-7-16(15)19(21-18)12-4-2-5-13(20)10-12/h2-6,8-11,15-16,19,21H,7H2,1H3/t15-,16+,19-/m0/s1. The van der Waals surface area contributed by atoms with Gasteiger partial charge in [-0.1, -0.05) is 40.2 Å². The van der Waals surface area contributed by atoms with E-state index in [0.29, 0.717) is 17.9 Å². The topological polar surface area (TPSA) is 21.3 Å². The van der Waals surface area contributed by atoms with Gasteiger partial charge in [0.05, 0.1) is 13.2 Å². The lowest BCUT2D eigenvalue weighted by molar-refractivity contribution is 0.405. The molecule has 1 aliphatic carbocycles. The van der Waals surface area contributed by atoms with Crippen LogP contribution in [0.2, 0.25) is 0 Å². The van der Waals surface area contributed by atoms with E-state index in [1.165, 1.54) is 16.8 Å². The summed E-state index contributed by atoms with van der Waals surface area (Å²) in [5.74, 6) is 1.96. The fourth-order valence-corrected chi connectivity index (χ4v) is 4.15. The maximum atomic E-state index is 5.40. The molecule has 22 heavy (non-hydrogen) atoms. The van der Waals surface area contributed by atoms with E-state index in [2.05, 4.69) is 69.8 Å². The predicted molar refractivity (Wildman–Crippen MR) is 93.5 cm³/mol. The molecule has 0 amide bonds. The van der Waals surface area contributed by atoms with Gasteiger partial charge in [-0.05, 0) is 53.8 Å². The Labute approximate surface area is 139 Å². The van der Waals surface area contributed by atoms with Crippen molar-refractivity contribution < 1.29 is 4.74 Å². The van der Waals surface area contributed by atoms with E-state index in [4.69, 9.17) is 4.74 Å². The highest BCUT2D eigenvalue weighted by atomic mass is 79.9. The number of halogens is 1. The third-order valence-corrected chi connectivity index (χ3v) is 5.27. The Morgan fingerprint density at radius 1 is 1.18 bits per heavy atom. The summed E-state index contributed by atoms with van der Waals surface area (Å²) >= 11 is 3.59. The van der Waals surface area contributed by atoms with Crippen LogP contribution in [0.5, 0.6) is 5.75 Å². The molecule has 0 fully saturated rings. The van der Waals surface area contributed by atoms with Gasteiger partial charge in [-0.15, -0.1) is 0 Å². The molecule has 112 valence electrons. The third-order valence-electron chi connectivity index (χ3n) is 4.78. The monoisotopic (exact) mass is 355 g/mol. The third kappa shape index (κ3) is 2.24. The van der Waals surface area contributed by atoms with Crippen molar-refractivity contribution in [1.29, 1.82) is 0 Å². The van der Waals surface area contributed by atoms with Crippen molar-refractivity contribution in [3.05, 3.63) is 70.2 Å². The van der Waals surface area contributed by atoms with E-state index in [1.807, 2.05) is 6.07 Å². The van der Waals surface area contributed by atoms with Gasteiger partial charge in [0.15, 0.2) is 0 Å². The summed E-state index contributed by atoms with van der Waals surface area (Å²) in [6, 6.07) is 15.3. The molecule has 1 N–H and O–H groups in total. The molecule has 3 atom stereocenters. The summed E-state index contributed by atoms with van der Waals surface area (Å²) in [6.07, 6.45) is 5.79. The largest absolute Gasteiger partial charge is 0.497 e. The highest BCUT2D eigenvalue weighted by molar-refractivity contribution is 9.10. The van der Waals surface area contributed by atoms with Gasteiger partial charge in [0.25, 0.3) is 0 Å². The van der Waals surface area contributed by atoms with Crippen molar-refractivity contribution in [1.82, 2.24) is 0 Å². The van der Waals surface area contributed by atoms with Gasteiger partial charge >= 0.3 is 0 Å². The number of hydrogen-bond acceptors (Lipinski definition) is 2. The lowest BCUT2D eigenvalue weighted by Crippen LogP contribution is -2.29. The van der Waals surface area contributed by atoms with E-state index < -0.39 is 0 Å². The van der Waals surface area contributed by atoms with Crippen molar-refractivity contribution in [3.8, 4) is 5.75 Å². The van der Waals surface area contributed by atoms with Gasteiger partial charge in [-0.2, -0.15) is 0 Å². The second kappa shape index (κ2) is 5.47. The number of nitrogens with one attached hydrogen (secondary N) is 1. The summed E-state index contributed by atoms with van der Waals surface area (Å²) in [5, 5.41) is 3.75. The molecule has 0 saturated carbocycles. The van der Waals surface area contributed by atoms with E-state index >= 15 is 0 Å². The van der Waals surface area contributed by atoms with Crippen molar-refractivity contribution in [2.24, 2.45) is 5.92 Å². The molecule has 0 radical (unpaired) electrons. The molecule has 3 heteroatoms. The first-order chi connectivity index (χ1) is 10.8. The lowest BCUT2D eigenvalue weighted by Gasteiger charge is -2.37. The Bertz CT molecular complexity index is 740. The fraction of sp³-hybridized carbons (Fsp3) is 0.263. The number of methoxy groups -OCH3 is 1. The first kappa shape index (κ1) is 13.9. The van der Waals surface area contributed by atoms with Crippen LogP contribution in [0.15, 0.2) is 59.1 Å². The molecule has 4 rings (SSSR count). The van der Waals surface area contributed by atoms with Crippen molar-refractivity contribution in [2.75, 3.05) is 12.4 Å². The second-order valence-corrected chi connectivity index (χ2v) is 6.90. The Balaban J connectivity index is 1.78. The van der Waals surface area contributed by atoms with E-state index in [1.54, 1.807) is 7.11 Å². The zero-order valence-corrected chi connectivity index (χ0v) is 14.0. The predicted octanol–water partition coefficient (Wildman–Crippen LogP) is 5.28. The normalized spacial score (nSPS) is 25.3. The summed E-state index contributed by atoms with van der Waals surface area (Å²) in [6.45, 7) is 0. The second-order valence-electron chi connectivity index (χ2n) is 5.98. The van der Waals surface area contributed by atoms with Gasteiger partial charge < -0.3 is 10.1 Å². The summed E-state index contributed by atoms with van der Waals surface area (Å²) in [5.41, 5.74) is 3.91. The molecular formula is C19H18BrNO. The molecule has 0 aromatic heterocycles. The van der Waals surface area contributed by atoms with Crippen molar-refractivity contribution in [2.45, 2.75) is 18.4 Å². The maximum absolute atomic E-state index is 5.40. The minimum absolute atomic E-state index is 0.346. The highest BCUT2D eigenvalue weighted by Gasteiger charge is 2.37. The summed E-state index contributed by atoms with van der Waals surface area (Å²) in [7, 11) is 1.73. The van der Waals surface area contributed by atoms with Crippen LogP contribution >= 0.6 is 15.9 Å². The van der Waals surface area contributed by atoms with Crippen molar-refractivity contribution in [3.63, 3.8) is 0 Å². The molecule has 0 unspecified atom stereocenters. The number of hydrogen-bond donors (Lipinski definition) is 1. The zero-order valence-electron chi connectivity index (χ0n) is 12.4. The fourth-order valence-electron chi connectivity index (χ4n) is 3.73. The maximum Gasteiger partial charge on any atom is 0.119 e. The molecule has 2 aromatic rings. The van der Waals surface area contributed by atoms with E-state index in [9.17, 15) is 0 Å². The van der Waals surface area contributed by atoms with Gasteiger partial charge in [-0.3, -0.25) is 0 Å². The molecule has 1 aliphatic heterocycles. The van der Waals surface area contributed by atoms with Crippen LogP contribution in [0.4, 0.5) is 5.69 Å². The van der Waals surface area contributed by atoms with Crippen LogP contribution in [0.1, 0.15) is 29.5 Å².